The average molecular weight is 919 g/mol. The van der Waals surface area contributed by atoms with Crippen LogP contribution in [0, 0.1) is 35.8 Å². The first-order valence-electron chi connectivity index (χ1n) is 22.5. The molecular formula is C60H30N12. The zero-order chi connectivity index (χ0) is 48.7. The Morgan fingerprint density at radius 1 is 0.306 bits per heavy atom. The van der Waals surface area contributed by atoms with Crippen LogP contribution in [0.4, 0.5) is 11.4 Å². The Morgan fingerprint density at radius 2 is 0.569 bits per heavy atom. The molecule has 0 aliphatic carbocycles. The largest absolute Gasteiger partial charge is 0.266 e. The van der Waals surface area contributed by atoms with Crippen LogP contribution >= 0.6 is 0 Å². The van der Waals surface area contributed by atoms with E-state index in [0.29, 0.717) is 68.1 Å². The van der Waals surface area contributed by atoms with Crippen LogP contribution in [-0.2, 0) is 0 Å². The Morgan fingerprint density at radius 3 is 0.778 bits per heavy atom. The van der Waals surface area contributed by atoms with Crippen LogP contribution in [0.15, 0.2) is 183 Å². The summed E-state index contributed by atoms with van der Waals surface area (Å²) in [6.45, 7) is 14.7. The topological polar surface area (TPSA) is 159 Å². The normalized spacial score (nSPS) is 11.0. The van der Waals surface area contributed by atoms with E-state index >= 15 is 0 Å². The number of pyridine rings is 8. The van der Waals surface area contributed by atoms with E-state index < -0.39 is 0 Å². The van der Waals surface area contributed by atoms with Gasteiger partial charge in [0.1, 0.15) is 12.1 Å². The third-order valence-corrected chi connectivity index (χ3v) is 12.8. The van der Waals surface area contributed by atoms with Crippen molar-refractivity contribution < 1.29 is 0 Å². The minimum atomic E-state index is 0.460. The summed E-state index contributed by atoms with van der Waals surface area (Å²) >= 11 is 0. The van der Waals surface area contributed by atoms with E-state index in [1.165, 1.54) is 0 Å². The molecule has 12 aromatic rings. The molecule has 12 heteroatoms. The predicted molar refractivity (Wildman–Crippen MR) is 278 cm³/mol. The summed E-state index contributed by atoms with van der Waals surface area (Å²) in [7, 11) is 0. The molecule has 0 N–H and O–H groups in total. The SMILES string of the molecule is [C-]#[N+]c1ccc(-c2ccc(-c3cc(-c4ccc(-c5ccc(C#N)cn5)nc4)c4ccc5c(-c6ccc(-c7ccc(C#N)cn7)nc6)cc(-c6ccc(-c7ccc([N+]#[C-])cn7)nc6)c6ccc3c4c56)cn2)nc1. The van der Waals surface area contributed by atoms with E-state index in [1.54, 1.807) is 61.2 Å². The van der Waals surface area contributed by atoms with Crippen molar-refractivity contribution in [3.8, 4) is 102 Å². The van der Waals surface area contributed by atoms with Crippen LogP contribution in [0.3, 0.4) is 0 Å². The standard InChI is InChI=1S/C60H30N12/c1-63-41-9-21-57(71-33-41)55-19-7-39(31-69-55)49-23-47(37-5-17-53(67-29-37)51-15-3-35(25-61)27-65-51)43-11-12-44-48(38-6-18-54(68-30-38)52-16-4-36(26-62)28-66-52)24-50(46-14-13-45(49)59(43)60(44)46)40-8-20-56(70-32-40)58-22-10-42(64-2)34-72-58/h3-24,27-34H. The molecule has 0 radical (unpaired) electrons. The van der Waals surface area contributed by atoms with E-state index in [2.05, 4.69) is 102 Å². The predicted octanol–water partition coefficient (Wildman–Crippen LogP) is 13.9. The maximum atomic E-state index is 9.37. The Hall–Kier alpha value is -10.9. The highest BCUT2D eigenvalue weighted by atomic mass is 14.8. The van der Waals surface area contributed by atoms with E-state index in [0.717, 1.165) is 76.8 Å². The van der Waals surface area contributed by atoms with Crippen molar-refractivity contribution in [1.82, 2.24) is 39.9 Å². The lowest BCUT2D eigenvalue weighted by atomic mass is 9.82. The number of nitrogens with zero attached hydrogens (tertiary/aromatic N) is 12. The van der Waals surface area contributed by atoms with Gasteiger partial charge < -0.3 is 0 Å². The molecule has 0 saturated heterocycles. The molecule has 0 bridgehead atoms. The van der Waals surface area contributed by atoms with Gasteiger partial charge in [-0.15, -0.1) is 0 Å². The first kappa shape index (κ1) is 42.4. The van der Waals surface area contributed by atoms with Crippen molar-refractivity contribution in [2.75, 3.05) is 0 Å². The van der Waals surface area contributed by atoms with Crippen molar-refractivity contribution in [3.05, 3.63) is 217 Å². The minimum absolute atomic E-state index is 0.460. The van der Waals surface area contributed by atoms with E-state index in [9.17, 15) is 10.5 Å². The summed E-state index contributed by atoms with van der Waals surface area (Å²) < 4.78 is 0. The molecule has 12 rings (SSSR count). The minimum Gasteiger partial charge on any atom is -0.266 e. The number of hydrogen-bond acceptors (Lipinski definition) is 10. The lowest BCUT2D eigenvalue weighted by Crippen LogP contribution is -1.96. The second-order valence-electron chi connectivity index (χ2n) is 16.9. The molecule has 0 spiro atoms. The monoisotopic (exact) mass is 918 g/mol. The average Bonchev–Trinajstić information content (AvgIpc) is 3.46. The summed E-state index contributed by atoms with van der Waals surface area (Å²) in [6, 6.07) is 47.7. The zero-order valence-corrected chi connectivity index (χ0v) is 37.7. The molecule has 72 heavy (non-hydrogen) atoms. The molecule has 8 aromatic heterocycles. The number of nitriles is 2. The van der Waals surface area contributed by atoms with Crippen molar-refractivity contribution >= 4 is 43.7 Å². The first-order chi connectivity index (χ1) is 35.5. The quantitative estimate of drug-likeness (QED) is 0.106. The maximum absolute atomic E-state index is 9.37. The Bertz CT molecular complexity index is 3680. The van der Waals surface area contributed by atoms with Crippen molar-refractivity contribution in [1.29, 1.82) is 10.5 Å². The first-order valence-corrected chi connectivity index (χ1v) is 22.5. The molecule has 8 heterocycles. The Labute approximate surface area is 411 Å². The molecule has 0 aliphatic rings. The molecule has 12 nitrogen and oxygen atoms in total. The smallest absolute Gasteiger partial charge is 0.205 e. The molecule has 0 atom stereocenters. The molecule has 4 aromatic carbocycles. The summed E-state index contributed by atoms with van der Waals surface area (Å²) in [5, 5.41) is 24.9. The second kappa shape index (κ2) is 17.6. The van der Waals surface area contributed by atoms with Gasteiger partial charge in [-0.1, -0.05) is 60.7 Å². The van der Waals surface area contributed by atoms with Crippen LogP contribution in [0.1, 0.15) is 11.1 Å². The summed E-state index contributed by atoms with van der Waals surface area (Å²) in [5.74, 6) is 0. The number of benzene rings is 4. The van der Waals surface area contributed by atoms with E-state index in [4.69, 9.17) is 33.1 Å². The van der Waals surface area contributed by atoms with Crippen LogP contribution in [-0.4, -0.2) is 39.9 Å². The molecular weight excluding hydrogens is 889 g/mol. The fourth-order valence-corrected chi connectivity index (χ4v) is 9.20. The Balaban J connectivity index is 1.08. The highest BCUT2D eigenvalue weighted by molar-refractivity contribution is 6.32. The van der Waals surface area contributed by atoms with Crippen molar-refractivity contribution in [2.24, 2.45) is 0 Å². The van der Waals surface area contributed by atoms with Gasteiger partial charge >= 0.3 is 0 Å². The third kappa shape index (κ3) is 7.49. The van der Waals surface area contributed by atoms with E-state index in [1.807, 2.05) is 61.2 Å². The Kier molecular flexibility index (Phi) is 10.4. The van der Waals surface area contributed by atoms with Gasteiger partial charge in [-0.3, -0.25) is 39.9 Å². The van der Waals surface area contributed by atoms with Gasteiger partial charge in [0, 0.05) is 71.8 Å². The van der Waals surface area contributed by atoms with Crippen LogP contribution < -0.4 is 0 Å². The van der Waals surface area contributed by atoms with Gasteiger partial charge in [0.2, 0.25) is 11.4 Å². The van der Waals surface area contributed by atoms with Crippen molar-refractivity contribution in [3.63, 3.8) is 0 Å². The fourth-order valence-electron chi connectivity index (χ4n) is 9.20. The number of rotatable bonds is 8. The highest BCUT2D eigenvalue weighted by Crippen LogP contribution is 2.48. The van der Waals surface area contributed by atoms with Gasteiger partial charge in [0.05, 0.1) is 69.8 Å². The third-order valence-electron chi connectivity index (χ3n) is 12.8. The van der Waals surface area contributed by atoms with Gasteiger partial charge in [-0.05, 0) is 127 Å². The van der Waals surface area contributed by atoms with E-state index in [-0.39, 0.29) is 0 Å². The summed E-state index contributed by atoms with van der Waals surface area (Å²) in [6.07, 6.45) is 13.7. The highest BCUT2D eigenvalue weighted by Gasteiger charge is 2.22. The fraction of sp³-hybridized carbons (Fsp3) is 0. The van der Waals surface area contributed by atoms with Gasteiger partial charge in [-0.25, -0.2) is 9.69 Å². The molecule has 330 valence electrons. The van der Waals surface area contributed by atoms with Gasteiger partial charge in [0.15, 0.2) is 0 Å². The second-order valence-corrected chi connectivity index (χ2v) is 16.9. The van der Waals surface area contributed by atoms with Crippen molar-refractivity contribution in [2.45, 2.75) is 0 Å². The zero-order valence-electron chi connectivity index (χ0n) is 37.7. The number of aromatic nitrogens is 8. The number of hydrogen-bond donors (Lipinski definition) is 0. The van der Waals surface area contributed by atoms with Crippen LogP contribution in [0.5, 0.6) is 0 Å². The van der Waals surface area contributed by atoms with Crippen LogP contribution in [0.2, 0.25) is 0 Å². The van der Waals surface area contributed by atoms with Gasteiger partial charge in [0.25, 0.3) is 0 Å². The lowest BCUT2D eigenvalue weighted by Gasteiger charge is -2.21. The van der Waals surface area contributed by atoms with Gasteiger partial charge in [-0.2, -0.15) is 10.5 Å². The summed E-state index contributed by atoms with van der Waals surface area (Å²) in [5.41, 5.74) is 14.7. The van der Waals surface area contributed by atoms with Crippen LogP contribution in [0.25, 0.3) is 132 Å². The maximum Gasteiger partial charge on any atom is 0.205 e. The molecule has 0 aliphatic heterocycles. The summed E-state index contributed by atoms with van der Waals surface area (Å²) in [4.78, 5) is 44.6. The lowest BCUT2D eigenvalue weighted by molar-refractivity contribution is 1.24. The molecule has 0 saturated carbocycles. The molecule has 0 fully saturated rings. The molecule has 0 unspecified atom stereocenters. The molecule has 0 amide bonds.